The number of aromatic nitrogens is 4. The van der Waals surface area contributed by atoms with Crippen LogP contribution in [0, 0.1) is 5.82 Å². The van der Waals surface area contributed by atoms with Crippen molar-refractivity contribution in [1.29, 1.82) is 0 Å². The minimum Gasteiger partial charge on any atom is -0.337 e. The summed E-state index contributed by atoms with van der Waals surface area (Å²) >= 11 is 12.5. The molecule has 1 amide bonds. The molecule has 0 saturated heterocycles. The minimum atomic E-state index is -0.508. The summed E-state index contributed by atoms with van der Waals surface area (Å²) in [4.78, 5) is 20.0. The third kappa shape index (κ3) is 3.71. The van der Waals surface area contributed by atoms with Crippen molar-refractivity contribution >= 4 is 46.0 Å². The molecule has 2 heterocycles. The molecule has 4 aromatic rings. The number of H-pyrrole nitrogens is 1. The largest absolute Gasteiger partial charge is 0.337 e. The van der Waals surface area contributed by atoms with Gasteiger partial charge >= 0.3 is 0 Å². The fourth-order valence-corrected chi connectivity index (χ4v) is 3.44. The van der Waals surface area contributed by atoms with Crippen LogP contribution in [0.1, 0.15) is 30.2 Å². The predicted molar refractivity (Wildman–Crippen MR) is 112 cm³/mol. The smallest absolute Gasteiger partial charge is 0.256 e. The van der Waals surface area contributed by atoms with Gasteiger partial charge in [-0.2, -0.15) is 5.10 Å². The highest BCUT2D eigenvalue weighted by Gasteiger charge is 2.18. The molecule has 6 nitrogen and oxygen atoms in total. The van der Waals surface area contributed by atoms with E-state index < -0.39 is 5.82 Å². The van der Waals surface area contributed by atoms with E-state index in [1.54, 1.807) is 29.1 Å². The zero-order chi connectivity index (χ0) is 20.7. The molecule has 148 valence electrons. The van der Waals surface area contributed by atoms with E-state index >= 15 is 0 Å². The second kappa shape index (κ2) is 7.50. The molecule has 0 aliphatic carbocycles. The van der Waals surface area contributed by atoms with E-state index in [0.29, 0.717) is 22.4 Å². The summed E-state index contributed by atoms with van der Waals surface area (Å²) in [5.74, 6) is -0.221. The number of hydrogen-bond donors (Lipinski definition) is 2. The van der Waals surface area contributed by atoms with Crippen LogP contribution in [-0.4, -0.2) is 25.7 Å². The molecule has 4 rings (SSSR count). The number of aromatic amines is 1. The number of anilines is 1. The van der Waals surface area contributed by atoms with Crippen LogP contribution in [0.15, 0.2) is 42.6 Å². The molecule has 0 atom stereocenters. The summed E-state index contributed by atoms with van der Waals surface area (Å²) in [5.41, 5.74) is 1.36. The lowest BCUT2D eigenvalue weighted by atomic mass is 10.2. The number of imidazole rings is 1. The average molecular weight is 432 g/mol. The highest BCUT2D eigenvalue weighted by atomic mass is 35.5. The molecule has 0 aliphatic rings. The summed E-state index contributed by atoms with van der Waals surface area (Å²) in [6.45, 7) is 3.98. The van der Waals surface area contributed by atoms with Crippen molar-refractivity contribution in [1.82, 2.24) is 19.7 Å². The second-order valence-corrected chi connectivity index (χ2v) is 7.58. The molecule has 2 aromatic carbocycles. The number of rotatable bonds is 4. The van der Waals surface area contributed by atoms with Gasteiger partial charge in [0.1, 0.15) is 11.6 Å². The van der Waals surface area contributed by atoms with Crippen molar-refractivity contribution in [2.45, 2.75) is 19.9 Å². The topological polar surface area (TPSA) is 75.6 Å². The zero-order valence-electron chi connectivity index (χ0n) is 15.5. The Hall–Kier alpha value is -2.90. The van der Waals surface area contributed by atoms with Gasteiger partial charge in [0.05, 0.1) is 26.6 Å². The maximum atomic E-state index is 14.2. The molecular formula is C20H16Cl2FN5O. The van der Waals surface area contributed by atoms with Crippen molar-refractivity contribution < 1.29 is 9.18 Å². The number of amides is 1. The Morgan fingerprint density at radius 1 is 1.21 bits per heavy atom. The molecule has 0 spiro atoms. The van der Waals surface area contributed by atoms with E-state index in [2.05, 4.69) is 20.4 Å². The van der Waals surface area contributed by atoms with Gasteiger partial charge in [0.15, 0.2) is 5.82 Å². The Labute approximate surface area is 175 Å². The lowest BCUT2D eigenvalue weighted by Gasteiger charge is -2.05. The molecule has 9 heteroatoms. The maximum absolute atomic E-state index is 14.2. The van der Waals surface area contributed by atoms with Gasteiger partial charge in [-0.25, -0.2) is 9.37 Å². The van der Waals surface area contributed by atoms with Crippen molar-refractivity contribution in [3.8, 4) is 11.4 Å². The van der Waals surface area contributed by atoms with Gasteiger partial charge in [0.2, 0.25) is 0 Å². The highest BCUT2D eigenvalue weighted by Crippen LogP contribution is 2.32. The maximum Gasteiger partial charge on any atom is 0.256 e. The fraction of sp³-hybridized carbons (Fsp3) is 0.150. The van der Waals surface area contributed by atoms with Gasteiger partial charge in [-0.3, -0.25) is 9.48 Å². The molecule has 29 heavy (non-hydrogen) atoms. The van der Waals surface area contributed by atoms with Crippen molar-refractivity contribution in [3.05, 3.63) is 64.0 Å². The van der Waals surface area contributed by atoms with Gasteiger partial charge in [-0.15, -0.1) is 0 Å². The SMILES string of the molecule is CC(C)n1ccc(NC(=O)c2cc(Cl)c3[nH]c(-c4c(F)cccc4Cl)nc3c2)n1. The van der Waals surface area contributed by atoms with Crippen molar-refractivity contribution in [3.63, 3.8) is 0 Å². The molecule has 2 aromatic heterocycles. The normalized spacial score (nSPS) is 11.4. The molecule has 0 radical (unpaired) electrons. The number of hydrogen-bond acceptors (Lipinski definition) is 3. The molecular weight excluding hydrogens is 416 g/mol. The summed E-state index contributed by atoms with van der Waals surface area (Å²) < 4.78 is 16.0. The first-order chi connectivity index (χ1) is 13.8. The van der Waals surface area contributed by atoms with Gasteiger partial charge in [0.25, 0.3) is 5.91 Å². The van der Waals surface area contributed by atoms with Crippen LogP contribution in [0.5, 0.6) is 0 Å². The Balaban J connectivity index is 1.69. The second-order valence-electron chi connectivity index (χ2n) is 6.76. The van der Waals surface area contributed by atoms with Gasteiger partial charge < -0.3 is 10.3 Å². The molecule has 2 N–H and O–H groups in total. The van der Waals surface area contributed by atoms with Gasteiger partial charge in [-0.1, -0.05) is 29.3 Å². The summed E-state index contributed by atoms with van der Waals surface area (Å²) in [6, 6.07) is 9.37. The van der Waals surface area contributed by atoms with E-state index in [-0.39, 0.29) is 33.4 Å². The molecule has 0 saturated carbocycles. The Bertz CT molecular complexity index is 1210. The first kappa shape index (κ1) is 19.4. The third-order valence-electron chi connectivity index (χ3n) is 4.39. The first-order valence-electron chi connectivity index (χ1n) is 8.83. The number of benzene rings is 2. The molecule has 0 fully saturated rings. The number of nitrogens with zero attached hydrogens (tertiary/aromatic N) is 3. The Morgan fingerprint density at radius 2 is 2.00 bits per heavy atom. The lowest BCUT2D eigenvalue weighted by Crippen LogP contribution is -2.13. The van der Waals surface area contributed by atoms with Crippen LogP contribution in [0.4, 0.5) is 10.2 Å². The quantitative estimate of drug-likeness (QED) is 0.434. The number of halogens is 3. The first-order valence-corrected chi connectivity index (χ1v) is 9.59. The summed E-state index contributed by atoms with van der Waals surface area (Å²) in [7, 11) is 0. The highest BCUT2D eigenvalue weighted by molar-refractivity contribution is 6.36. The van der Waals surface area contributed by atoms with Crippen LogP contribution in [-0.2, 0) is 0 Å². The number of fused-ring (bicyclic) bond motifs is 1. The number of carbonyl (C=O) groups excluding carboxylic acids is 1. The number of carbonyl (C=O) groups is 1. The van der Waals surface area contributed by atoms with Crippen LogP contribution < -0.4 is 5.32 Å². The number of nitrogens with one attached hydrogen (secondary N) is 2. The van der Waals surface area contributed by atoms with Crippen molar-refractivity contribution in [2.24, 2.45) is 0 Å². The average Bonchev–Trinajstić information content (AvgIpc) is 3.29. The van der Waals surface area contributed by atoms with Crippen LogP contribution in [0.3, 0.4) is 0 Å². The molecule has 0 unspecified atom stereocenters. The van der Waals surface area contributed by atoms with Gasteiger partial charge in [0, 0.05) is 23.9 Å². The summed E-state index contributed by atoms with van der Waals surface area (Å²) in [6.07, 6.45) is 1.79. The molecule has 0 aliphatic heterocycles. The Morgan fingerprint density at radius 3 is 2.69 bits per heavy atom. The van der Waals surface area contributed by atoms with Crippen LogP contribution >= 0.6 is 23.2 Å². The monoisotopic (exact) mass is 431 g/mol. The van der Waals surface area contributed by atoms with Crippen molar-refractivity contribution in [2.75, 3.05) is 5.32 Å². The van der Waals surface area contributed by atoms with E-state index in [9.17, 15) is 9.18 Å². The van der Waals surface area contributed by atoms with Crippen LogP contribution in [0.2, 0.25) is 10.0 Å². The molecule has 0 bridgehead atoms. The fourth-order valence-electron chi connectivity index (χ4n) is 2.93. The van der Waals surface area contributed by atoms with Crippen LogP contribution in [0.25, 0.3) is 22.4 Å². The minimum absolute atomic E-state index is 0.145. The summed E-state index contributed by atoms with van der Waals surface area (Å²) in [5, 5.41) is 7.54. The zero-order valence-corrected chi connectivity index (χ0v) is 17.0. The van der Waals surface area contributed by atoms with Gasteiger partial charge in [-0.05, 0) is 38.1 Å². The standard InChI is InChI=1S/C20H16Cl2FN5O/c1-10(2)28-7-6-16(27-28)25-20(29)11-8-13(22)18-15(9-11)24-19(26-18)17-12(21)4-3-5-14(17)23/h3-10H,1-2H3,(H,24,26)(H,25,27,29). The lowest BCUT2D eigenvalue weighted by molar-refractivity contribution is 0.102. The Kier molecular flexibility index (Phi) is 5.02. The van der Waals surface area contributed by atoms with E-state index in [0.717, 1.165) is 0 Å². The third-order valence-corrected chi connectivity index (χ3v) is 5.00. The van der Waals surface area contributed by atoms with E-state index in [1.807, 2.05) is 13.8 Å². The predicted octanol–water partition coefficient (Wildman–Crippen LogP) is 5.71. The van der Waals surface area contributed by atoms with E-state index in [1.165, 1.54) is 18.2 Å². The van der Waals surface area contributed by atoms with E-state index in [4.69, 9.17) is 23.2 Å².